The maximum Gasteiger partial charge on any atom is 0.156 e. The number of hydrogen-bond donors (Lipinski definition) is 2. The third kappa shape index (κ3) is 4.23. The molecule has 7 heteroatoms. The van der Waals surface area contributed by atoms with Crippen molar-refractivity contribution in [1.29, 1.82) is 10.7 Å². The molecule has 3 heterocycles. The van der Waals surface area contributed by atoms with Crippen molar-refractivity contribution >= 4 is 17.4 Å². The fraction of sp³-hybridized carbons (Fsp3) is 0.286. The lowest BCUT2D eigenvalue weighted by Gasteiger charge is -2.18. The molecule has 0 spiro atoms. The summed E-state index contributed by atoms with van der Waals surface area (Å²) in [4.78, 5) is 8.91. The third-order valence-corrected chi connectivity index (χ3v) is 4.08. The monoisotopic (exact) mass is 373 g/mol. The van der Waals surface area contributed by atoms with E-state index in [9.17, 15) is 5.26 Å². The van der Waals surface area contributed by atoms with Crippen molar-refractivity contribution in [2.75, 3.05) is 6.54 Å². The Morgan fingerprint density at radius 1 is 1.29 bits per heavy atom. The molecule has 0 atom stereocenters. The molecule has 0 radical (unpaired) electrons. The number of nitrogens with one attached hydrogen (secondary N) is 2. The van der Waals surface area contributed by atoms with E-state index in [2.05, 4.69) is 47.2 Å². The molecule has 0 aliphatic heterocycles. The number of fused-ring (bicyclic) bond motifs is 1. The summed E-state index contributed by atoms with van der Waals surface area (Å²) in [5.74, 6) is 0.683. The second kappa shape index (κ2) is 7.61. The Morgan fingerprint density at radius 3 is 2.75 bits per heavy atom. The van der Waals surface area contributed by atoms with Crippen molar-refractivity contribution in [2.24, 2.45) is 5.41 Å². The fourth-order valence-electron chi connectivity index (χ4n) is 2.78. The van der Waals surface area contributed by atoms with E-state index < -0.39 is 0 Å². The minimum atomic E-state index is 0.117. The lowest BCUT2D eigenvalue weighted by molar-refractivity contribution is 0.403. The Hall–Kier alpha value is -3.53. The van der Waals surface area contributed by atoms with Crippen molar-refractivity contribution < 1.29 is 0 Å². The molecule has 2 N–H and O–H groups in total. The van der Waals surface area contributed by atoms with Crippen LogP contribution >= 0.6 is 0 Å². The normalized spacial score (nSPS) is 12.0. The van der Waals surface area contributed by atoms with Gasteiger partial charge in [0.05, 0.1) is 5.69 Å². The summed E-state index contributed by atoms with van der Waals surface area (Å²) < 4.78 is 1.70. The molecule has 3 aromatic rings. The van der Waals surface area contributed by atoms with Crippen LogP contribution in [0.3, 0.4) is 0 Å². The molecule has 3 rings (SSSR count). The summed E-state index contributed by atoms with van der Waals surface area (Å²) in [6, 6.07) is 9.36. The van der Waals surface area contributed by atoms with Crippen LogP contribution in [0.4, 0.5) is 0 Å². The number of nitrogens with zero attached hydrogens (tertiary/aromatic N) is 5. The Bertz CT molecular complexity index is 1090. The predicted molar refractivity (Wildman–Crippen MR) is 110 cm³/mol. The van der Waals surface area contributed by atoms with Crippen LogP contribution in [-0.4, -0.2) is 32.3 Å². The van der Waals surface area contributed by atoms with Crippen LogP contribution < -0.4 is 5.32 Å². The van der Waals surface area contributed by atoms with Crippen LogP contribution in [0.15, 0.2) is 36.7 Å². The van der Waals surface area contributed by atoms with Crippen molar-refractivity contribution in [3.8, 4) is 17.3 Å². The minimum Gasteiger partial charge on any atom is -0.390 e. The molecule has 7 nitrogen and oxygen atoms in total. The topological polar surface area (TPSA) is 103 Å². The van der Waals surface area contributed by atoms with E-state index >= 15 is 0 Å². The lowest BCUT2D eigenvalue weighted by atomic mass is 9.97. The zero-order valence-electron chi connectivity index (χ0n) is 16.5. The van der Waals surface area contributed by atoms with Gasteiger partial charge in [-0.3, -0.25) is 0 Å². The largest absolute Gasteiger partial charge is 0.390 e. The van der Waals surface area contributed by atoms with E-state index in [0.29, 0.717) is 28.4 Å². The summed E-state index contributed by atoms with van der Waals surface area (Å²) in [5.41, 5.74) is 4.06. The van der Waals surface area contributed by atoms with E-state index in [1.54, 1.807) is 10.6 Å². The van der Waals surface area contributed by atoms with Gasteiger partial charge in [-0.15, -0.1) is 0 Å². The van der Waals surface area contributed by atoms with E-state index in [1.165, 1.54) is 6.21 Å². The summed E-state index contributed by atoms with van der Waals surface area (Å²) in [6.45, 7) is 9.03. The van der Waals surface area contributed by atoms with E-state index in [1.807, 2.05) is 37.5 Å². The van der Waals surface area contributed by atoms with Crippen molar-refractivity contribution in [2.45, 2.75) is 27.7 Å². The number of aryl methyl sites for hydroxylation is 1. The van der Waals surface area contributed by atoms with Crippen LogP contribution in [0.1, 0.15) is 37.9 Å². The third-order valence-electron chi connectivity index (χ3n) is 4.08. The van der Waals surface area contributed by atoms with Gasteiger partial charge in [-0.2, -0.15) is 10.4 Å². The smallest absolute Gasteiger partial charge is 0.156 e. The highest BCUT2D eigenvalue weighted by Gasteiger charge is 2.14. The standard InChI is InChI=1S/C21H23N7/c1-14-25-19-9-15(7-8-28(19)27-14)20-18(6-5-17(11-23)26-20)16(10-22)12-24-13-21(2,3)4/h5-10,12,22,24H,13H2,1-4H3/b16-12+,22-10?. The Morgan fingerprint density at radius 2 is 2.07 bits per heavy atom. The lowest BCUT2D eigenvalue weighted by Crippen LogP contribution is -2.23. The van der Waals surface area contributed by atoms with Crippen molar-refractivity contribution in [3.63, 3.8) is 0 Å². The zero-order valence-corrected chi connectivity index (χ0v) is 16.5. The van der Waals surface area contributed by atoms with Crippen LogP contribution in [0.2, 0.25) is 0 Å². The molecule has 0 bridgehead atoms. The number of rotatable bonds is 5. The molecule has 0 aromatic carbocycles. The average molecular weight is 373 g/mol. The number of nitriles is 1. The van der Waals surface area contributed by atoms with Crippen molar-refractivity contribution in [3.05, 3.63) is 53.7 Å². The first-order chi connectivity index (χ1) is 13.3. The minimum absolute atomic E-state index is 0.117. The van der Waals surface area contributed by atoms with Gasteiger partial charge in [-0.05, 0) is 36.6 Å². The van der Waals surface area contributed by atoms with Gasteiger partial charge < -0.3 is 10.7 Å². The van der Waals surface area contributed by atoms with Gasteiger partial charge >= 0.3 is 0 Å². The molecule has 0 saturated heterocycles. The molecule has 3 aromatic heterocycles. The molecule has 0 fully saturated rings. The maximum atomic E-state index is 9.29. The van der Waals surface area contributed by atoms with Gasteiger partial charge in [0.1, 0.15) is 17.6 Å². The first kappa shape index (κ1) is 19.2. The number of aromatic nitrogens is 4. The fourth-order valence-corrected chi connectivity index (χ4v) is 2.78. The average Bonchev–Trinajstić information content (AvgIpc) is 3.03. The zero-order chi connectivity index (χ0) is 20.3. The van der Waals surface area contributed by atoms with Crippen molar-refractivity contribution in [1.82, 2.24) is 24.9 Å². The van der Waals surface area contributed by atoms with Gasteiger partial charge in [0.2, 0.25) is 0 Å². The molecule has 0 unspecified atom stereocenters. The summed E-state index contributed by atoms with van der Waals surface area (Å²) >= 11 is 0. The predicted octanol–water partition coefficient (Wildman–Crippen LogP) is 3.60. The van der Waals surface area contributed by atoms with E-state index in [4.69, 9.17) is 5.41 Å². The number of hydrogen-bond acceptors (Lipinski definition) is 6. The second-order valence-corrected chi connectivity index (χ2v) is 7.77. The Kier molecular flexibility index (Phi) is 5.23. The highest BCUT2D eigenvalue weighted by Crippen LogP contribution is 2.27. The molecular weight excluding hydrogens is 350 g/mol. The molecule has 0 saturated carbocycles. The molecule has 28 heavy (non-hydrogen) atoms. The molecule has 0 aliphatic carbocycles. The van der Waals surface area contributed by atoms with Gasteiger partial charge in [-0.1, -0.05) is 20.8 Å². The number of pyridine rings is 2. The molecule has 0 amide bonds. The summed E-state index contributed by atoms with van der Waals surface area (Å²) in [7, 11) is 0. The summed E-state index contributed by atoms with van der Waals surface area (Å²) in [6.07, 6.45) is 4.94. The molecule has 142 valence electrons. The highest BCUT2D eigenvalue weighted by atomic mass is 15.3. The van der Waals surface area contributed by atoms with Crippen LogP contribution in [0, 0.1) is 29.1 Å². The highest BCUT2D eigenvalue weighted by molar-refractivity contribution is 6.10. The van der Waals surface area contributed by atoms with E-state index in [-0.39, 0.29) is 5.41 Å². The Balaban J connectivity index is 2.09. The maximum absolute atomic E-state index is 9.29. The van der Waals surface area contributed by atoms with Gasteiger partial charge in [0, 0.05) is 41.9 Å². The van der Waals surface area contributed by atoms with Gasteiger partial charge in [0.15, 0.2) is 5.65 Å². The number of allylic oxidation sites excluding steroid dienone is 1. The van der Waals surface area contributed by atoms with E-state index in [0.717, 1.165) is 17.7 Å². The van der Waals surface area contributed by atoms with Crippen LogP contribution in [0.25, 0.3) is 22.5 Å². The van der Waals surface area contributed by atoms with Crippen LogP contribution in [-0.2, 0) is 0 Å². The van der Waals surface area contributed by atoms with Gasteiger partial charge in [0.25, 0.3) is 0 Å². The second-order valence-electron chi connectivity index (χ2n) is 7.77. The van der Waals surface area contributed by atoms with Gasteiger partial charge in [-0.25, -0.2) is 14.5 Å². The SMILES string of the molecule is Cc1nc2cc(-c3nc(C#N)ccc3/C(C=N)=C/NCC(C)(C)C)ccn2n1. The first-order valence-corrected chi connectivity index (χ1v) is 9.00. The Labute approximate surface area is 164 Å². The summed E-state index contributed by atoms with van der Waals surface area (Å²) in [5, 5.41) is 24.7. The molecule has 0 aliphatic rings. The first-order valence-electron chi connectivity index (χ1n) is 9.00. The quantitative estimate of drug-likeness (QED) is 0.665. The molecular formula is C21H23N7. The van der Waals surface area contributed by atoms with Crippen LogP contribution in [0.5, 0.6) is 0 Å².